The van der Waals surface area contributed by atoms with Crippen LogP contribution in [0, 0.1) is 5.92 Å². The summed E-state index contributed by atoms with van der Waals surface area (Å²) in [5, 5.41) is 0. The van der Waals surface area contributed by atoms with E-state index >= 15 is 0 Å². The number of hydrogen-bond acceptors (Lipinski definition) is 4. The van der Waals surface area contributed by atoms with Gasteiger partial charge < -0.3 is 19.4 Å². The summed E-state index contributed by atoms with van der Waals surface area (Å²) >= 11 is 6.03. The second-order valence-electron chi connectivity index (χ2n) is 5.67. The lowest BCUT2D eigenvalue weighted by atomic mass is 9.93. The first-order chi connectivity index (χ1) is 10.2. The first-order valence-electron chi connectivity index (χ1n) is 8.37. The van der Waals surface area contributed by atoms with Gasteiger partial charge >= 0.3 is 8.80 Å². The van der Waals surface area contributed by atoms with Gasteiger partial charge in [-0.05, 0) is 18.8 Å². The molecule has 0 aliphatic heterocycles. The van der Waals surface area contributed by atoms with E-state index in [0.29, 0.717) is 17.3 Å². The van der Waals surface area contributed by atoms with E-state index in [1.54, 1.807) is 21.3 Å². The molecule has 0 heterocycles. The standard InChI is InChI=1S/C16H35ClO3Si.H3N/c1-6-8-9-10-11-12-15(13-14-17)16(7-2)21(18-3,19-4)20-5;/h15-16H,6-14H2,1-5H3;1H3. The number of alkyl halides is 1. The molecule has 0 aliphatic carbocycles. The highest BCUT2D eigenvalue weighted by Gasteiger charge is 2.49. The molecule has 0 fully saturated rings. The van der Waals surface area contributed by atoms with Crippen molar-refractivity contribution >= 4 is 20.4 Å². The van der Waals surface area contributed by atoms with Crippen molar-refractivity contribution in [1.82, 2.24) is 6.15 Å². The number of unbranched alkanes of at least 4 members (excludes halogenated alkanes) is 4. The summed E-state index contributed by atoms with van der Waals surface area (Å²) in [5.74, 6) is 1.22. The zero-order chi connectivity index (χ0) is 16.1. The van der Waals surface area contributed by atoms with Gasteiger partial charge in [-0.25, -0.2) is 0 Å². The highest BCUT2D eigenvalue weighted by atomic mass is 35.5. The molecule has 0 radical (unpaired) electrons. The van der Waals surface area contributed by atoms with Crippen molar-refractivity contribution in [2.24, 2.45) is 5.92 Å². The summed E-state index contributed by atoms with van der Waals surface area (Å²) in [4.78, 5) is 0. The Hall–Kier alpha value is 0.347. The average molecular weight is 356 g/mol. The predicted octanol–water partition coefficient (Wildman–Crippen LogP) is 5.41. The lowest BCUT2D eigenvalue weighted by molar-refractivity contribution is 0.0980. The number of rotatable bonds is 14. The van der Waals surface area contributed by atoms with Crippen LogP contribution in [-0.4, -0.2) is 36.0 Å². The third kappa shape index (κ3) is 7.75. The van der Waals surface area contributed by atoms with Gasteiger partial charge in [-0.15, -0.1) is 11.6 Å². The van der Waals surface area contributed by atoms with Crippen molar-refractivity contribution in [3.63, 3.8) is 0 Å². The molecule has 2 atom stereocenters. The van der Waals surface area contributed by atoms with Crippen LogP contribution in [0.15, 0.2) is 0 Å². The van der Waals surface area contributed by atoms with E-state index in [2.05, 4.69) is 13.8 Å². The van der Waals surface area contributed by atoms with Crippen molar-refractivity contribution < 1.29 is 13.3 Å². The second-order valence-corrected chi connectivity index (χ2v) is 9.22. The highest BCUT2D eigenvalue weighted by Crippen LogP contribution is 2.39. The highest BCUT2D eigenvalue weighted by molar-refractivity contribution is 6.62. The molecule has 0 aliphatic rings. The van der Waals surface area contributed by atoms with Crippen molar-refractivity contribution in [3.05, 3.63) is 0 Å². The summed E-state index contributed by atoms with van der Waals surface area (Å²) in [6, 6.07) is 0. The Labute approximate surface area is 144 Å². The first kappa shape index (κ1) is 24.6. The van der Waals surface area contributed by atoms with E-state index in [9.17, 15) is 0 Å². The molecule has 2 unspecified atom stereocenters. The Morgan fingerprint density at radius 3 is 1.82 bits per heavy atom. The van der Waals surface area contributed by atoms with Gasteiger partial charge in [0.25, 0.3) is 0 Å². The van der Waals surface area contributed by atoms with Crippen molar-refractivity contribution in [1.29, 1.82) is 0 Å². The Morgan fingerprint density at radius 2 is 1.41 bits per heavy atom. The van der Waals surface area contributed by atoms with E-state index in [0.717, 1.165) is 12.8 Å². The SMILES string of the molecule is CCCCCCCC(CCCl)C(CC)[Si](OC)(OC)OC.N. The quantitative estimate of drug-likeness (QED) is 0.257. The normalized spacial score (nSPS) is 14.5. The molecule has 22 heavy (non-hydrogen) atoms. The minimum atomic E-state index is -2.58. The molecule has 0 amide bonds. The van der Waals surface area contributed by atoms with Gasteiger partial charge in [0.05, 0.1) is 0 Å². The number of hydrogen-bond donors (Lipinski definition) is 1. The first-order valence-corrected chi connectivity index (χ1v) is 10.7. The van der Waals surface area contributed by atoms with Gasteiger partial charge in [0, 0.05) is 32.8 Å². The van der Waals surface area contributed by atoms with E-state index in [4.69, 9.17) is 24.9 Å². The molecule has 6 heteroatoms. The van der Waals surface area contributed by atoms with Crippen molar-refractivity contribution in [2.45, 2.75) is 70.8 Å². The largest absolute Gasteiger partial charge is 0.503 e. The van der Waals surface area contributed by atoms with Crippen LogP contribution in [0.3, 0.4) is 0 Å². The van der Waals surface area contributed by atoms with Crippen LogP contribution in [0.25, 0.3) is 0 Å². The van der Waals surface area contributed by atoms with E-state index in [1.165, 1.54) is 38.5 Å². The van der Waals surface area contributed by atoms with Gasteiger partial charge in [-0.2, -0.15) is 0 Å². The molecule has 4 nitrogen and oxygen atoms in total. The third-order valence-corrected chi connectivity index (χ3v) is 8.19. The summed E-state index contributed by atoms with van der Waals surface area (Å²) in [5.41, 5.74) is 0.336. The van der Waals surface area contributed by atoms with Gasteiger partial charge in [-0.3, -0.25) is 0 Å². The summed E-state index contributed by atoms with van der Waals surface area (Å²) in [6.45, 7) is 4.45. The molecule has 0 bridgehead atoms. The molecule has 0 spiro atoms. The molecule has 0 aromatic rings. The Kier molecular flexibility index (Phi) is 16.7. The fraction of sp³-hybridized carbons (Fsp3) is 1.00. The van der Waals surface area contributed by atoms with E-state index < -0.39 is 8.80 Å². The lowest BCUT2D eigenvalue weighted by Crippen LogP contribution is -2.50. The fourth-order valence-corrected chi connectivity index (χ4v) is 6.37. The molecular formula is C16H38ClNO3Si. The minimum absolute atomic E-state index is 0. The van der Waals surface area contributed by atoms with Crippen LogP contribution < -0.4 is 6.15 Å². The molecular weight excluding hydrogens is 318 g/mol. The van der Waals surface area contributed by atoms with E-state index in [1.807, 2.05) is 0 Å². The van der Waals surface area contributed by atoms with Crippen LogP contribution in [0.4, 0.5) is 0 Å². The Morgan fingerprint density at radius 1 is 0.864 bits per heavy atom. The van der Waals surface area contributed by atoms with Gasteiger partial charge in [0.15, 0.2) is 0 Å². The summed E-state index contributed by atoms with van der Waals surface area (Å²) in [7, 11) is 2.55. The maximum absolute atomic E-state index is 6.03. The zero-order valence-electron chi connectivity index (χ0n) is 15.3. The van der Waals surface area contributed by atoms with Gasteiger partial charge in [0.1, 0.15) is 0 Å². The second kappa shape index (κ2) is 14.9. The summed E-state index contributed by atoms with van der Waals surface area (Å²) < 4.78 is 17.1. The Bertz CT molecular complexity index is 235. The molecule has 0 saturated heterocycles. The molecule has 0 aromatic carbocycles. The Balaban J connectivity index is 0. The molecule has 3 N–H and O–H groups in total. The fourth-order valence-electron chi connectivity index (χ4n) is 3.27. The van der Waals surface area contributed by atoms with E-state index in [-0.39, 0.29) is 6.15 Å². The van der Waals surface area contributed by atoms with Gasteiger partial charge in [-0.1, -0.05) is 52.4 Å². The summed E-state index contributed by atoms with van der Waals surface area (Å²) in [6.07, 6.45) is 9.75. The topological polar surface area (TPSA) is 62.7 Å². The maximum Gasteiger partial charge on any atom is 0.503 e. The molecule has 0 rings (SSSR count). The average Bonchev–Trinajstić information content (AvgIpc) is 2.52. The lowest BCUT2D eigenvalue weighted by Gasteiger charge is -2.37. The maximum atomic E-state index is 6.03. The smallest absolute Gasteiger partial charge is 0.377 e. The molecule has 0 saturated carbocycles. The van der Waals surface area contributed by atoms with Crippen LogP contribution in [0.1, 0.15) is 65.2 Å². The van der Waals surface area contributed by atoms with Crippen LogP contribution >= 0.6 is 11.6 Å². The van der Waals surface area contributed by atoms with Crippen molar-refractivity contribution in [3.8, 4) is 0 Å². The third-order valence-electron chi connectivity index (χ3n) is 4.47. The zero-order valence-corrected chi connectivity index (χ0v) is 17.1. The molecule has 0 aromatic heterocycles. The number of halogens is 1. The van der Waals surface area contributed by atoms with Crippen LogP contribution in [0.5, 0.6) is 0 Å². The predicted molar refractivity (Wildman–Crippen MR) is 98.0 cm³/mol. The molecule has 136 valence electrons. The van der Waals surface area contributed by atoms with Crippen molar-refractivity contribution in [2.75, 3.05) is 27.2 Å². The van der Waals surface area contributed by atoms with Gasteiger partial charge in [0.2, 0.25) is 0 Å². The van der Waals surface area contributed by atoms with Crippen LogP contribution in [-0.2, 0) is 13.3 Å². The monoisotopic (exact) mass is 355 g/mol. The van der Waals surface area contributed by atoms with Crippen LogP contribution in [0.2, 0.25) is 5.54 Å². The minimum Gasteiger partial charge on any atom is -0.377 e.